The van der Waals surface area contributed by atoms with Gasteiger partial charge in [-0.3, -0.25) is 9.78 Å². The highest BCUT2D eigenvalue weighted by atomic mass is 127. The first-order valence-electron chi connectivity index (χ1n) is 5.15. The maximum atomic E-state index is 11.9. The van der Waals surface area contributed by atoms with E-state index in [1.165, 1.54) is 6.20 Å². The number of nitrogens with one attached hydrogen (secondary N) is 1. The van der Waals surface area contributed by atoms with Gasteiger partial charge in [0, 0.05) is 16.0 Å². The Kier molecular flexibility index (Phi) is 4.46. The number of aromatic nitrogens is 1. The number of amides is 1. The second-order valence-corrected chi connectivity index (χ2v) is 6.04. The van der Waals surface area contributed by atoms with Crippen LogP contribution in [0.1, 0.15) is 31.1 Å². The van der Waals surface area contributed by atoms with Crippen molar-refractivity contribution in [2.45, 2.75) is 26.8 Å². The number of nitriles is 1. The second kappa shape index (κ2) is 5.45. The third-order valence-electron chi connectivity index (χ3n) is 2.24. The van der Waals surface area contributed by atoms with Crippen LogP contribution >= 0.6 is 22.6 Å². The van der Waals surface area contributed by atoms with Gasteiger partial charge in [0.2, 0.25) is 0 Å². The molecule has 0 bridgehead atoms. The molecule has 0 fully saturated rings. The molecule has 0 radical (unpaired) electrons. The van der Waals surface area contributed by atoms with Crippen molar-refractivity contribution in [1.29, 1.82) is 5.26 Å². The van der Waals surface area contributed by atoms with Crippen molar-refractivity contribution < 1.29 is 4.79 Å². The molecule has 1 atom stereocenters. The van der Waals surface area contributed by atoms with E-state index in [-0.39, 0.29) is 11.3 Å². The minimum atomic E-state index is -0.520. The van der Waals surface area contributed by atoms with Gasteiger partial charge in [0.25, 0.3) is 5.91 Å². The Morgan fingerprint density at radius 2 is 2.18 bits per heavy atom. The van der Waals surface area contributed by atoms with Crippen LogP contribution < -0.4 is 5.32 Å². The number of hydrogen-bond donors (Lipinski definition) is 1. The van der Waals surface area contributed by atoms with Crippen molar-refractivity contribution in [3.8, 4) is 6.07 Å². The van der Waals surface area contributed by atoms with Crippen molar-refractivity contribution in [2.24, 2.45) is 5.41 Å². The fourth-order valence-electron chi connectivity index (χ4n) is 1.19. The van der Waals surface area contributed by atoms with E-state index in [1.54, 1.807) is 12.3 Å². The Hall–Kier alpha value is -1.16. The highest BCUT2D eigenvalue weighted by Crippen LogP contribution is 2.19. The molecule has 0 saturated heterocycles. The molecule has 1 amide bonds. The minimum absolute atomic E-state index is 0.266. The summed E-state index contributed by atoms with van der Waals surface area (Å²) >= 11 is 2.09. The summed E-state index contributed by atoms with van der Waals surface area (Å²) in [5.74, 6) is -0.266. The zero-order valence-corrected chi connectivity index (χ0v) is 12.1. The molecule has 0 spiro atoms. The molecule has 1 aromatic heterocycles. The first-order valence-corrected chi connectivity index (χ1v) is 6.23. The molecule has 0 saturated carbocycles. The molecule has 1 heterocycles. The van der Waals surface area contributed by atoms with Gasteiger partial charge in [-0.05, 0) is 34.1 Å². The van der Waals surface area contributed by atoms with Gasteiger partial charge < -0.3 is 5.32 Å². The molecule has 1 aromatic rings. The van der Waals surface area contributed by atoms with Crippen LogP contribution in [0.4, 0.5) is 0 Å². The Balaban J connectivity index is 2.83. The average Bonchev–Trinajstić information content (AvgIpc) is 2.23. The van der Waals surface area contributed by atoms with E-state index in [2.05, 4.69) is 39.0 Å². The summed E-state index contributed by atoms with van der Waals surface area (Å²) in [5, 5.41) is 11.7. The number of carbonyl (C=O) groups is 1. The highest BCUT2D eigenvalue weighted by Gasteiger charge is 2.26. The van der Waals surface area contributed by atoms with E-state index < -0.39 is 6.04 Å². The zero-order chi connectivity index (χ0) is 13.1. The van der Waals surface area contributed by atoms with E-state index in [9.17, 15) is 4.79 Å². The van der Waals surface area contributed by atoms with Gasteiger partial charge in [0.1, 0.15) is 6.04 Å². The van der Waals surface area contributed by atoms with Crippen LogP contribution in [0, 0.1) is 20.3 Å². The smallest absolute Gasteiger partial charge is 0.253 e. The van der Waals surface area contributed by atoms with E-state index in [0.29, 0.717) is 5.56 Å². The van der Waals surface area contributed by atoms with Crippen LogP contribution in [0.5, 0.6) is 0 Å². The lowest BCUT2D eigenvalue weighted by atomic mass is 9.87. The molecule has 0 aliphatic heterocycles. The van der Waals surface area contributed by atoms with Crippen molar-refractivity contribution in [3.63, 3.8) is 0 Å². The molecule has 4 nitrogen and oxygen atoms in total. The van der Waals surface area contributed by atoms with Gasteiger partial charge in [-0.2, -0.15) is 5.26 Å². The first-order chi connectivity index (χ1) is 7.84. The molecular weight excluding hydrogens is 329 g/mol. The zero-order valence-electron chi connectivity index (χ0n) is 9.99. The number of nitrogens with zero attached hydrogens (tertiary/aromatic N) is 2. The fourth-order valence-corrected chi connectivity index (χ4v) is 1.69. The van der Waals surface area contributed by atoms with Crippen molar-refractivity contribution in [2.75, 3.05) is 0 Å². The highest BCUT2D eigenvalue weighted by molar-refractivity contribution is 14.1. The Bertz CT molecular complexity index is 460. The molecule has 1 N–H and O–H groups in total. The minimum Gasteiger partial charge on any atom is -0.336 e. The molecule has 0 aromatic carbocycles. The molecule has 90 valence electrons. The van der Waals surface area contributed by atoms with Gasteiger partial charge in [-0.15, -0.1) is 0 Å². The van der Waals surface area contributed by atoms with E-state index >= 15 is 0 Å². The third-order valence-corrected chi connectivity index (χ3v) is 2.83. The van der Waals surface area contributed by atoms with Crippen LogP contribution in [0.15, 0.2) is 18.5 Å². The average molecular weight is 343 g/mol. The molecule has 0 aliphatic carbocycles. The Morgan fingerprint density at radius 3 is 2.65 bits per heavy atom. The normalized spacial score (nSPS) is 12.6. The number of rotatable bonds is 2. The third kappa shape index (κ3) is 3.97. The summed E-state index contributed by atoms with van der Waals surface area (Å²) in [6.45, 7) is 5.73. The maximum Gasteiger partial charge on any atom is 0.253 e. The van der Waals surface area contributed by atoms with E-state index in [1.807, 2.05) is 20.8 Å². The lowest BCUT2D eigenvalue weighted by Gasteiger charge is -2.25. The number of carbonyl (C=O) groups excluding carboxylic acids is 1. The van der Waals surface area contributed by atoms with Gasteiger partial charge in [0.05, 0.1) is 11.6 Å². The first kappa shape index (κ1) is 13.9. The molecule has 0 aliphatic rings. The monoisotopic (exact) mass is 343 g/mol. The number of halogens is 1. The standard InChI is InChI=1S/C12H14IN3O/c1-12(2,3)10(5-14)16-11(17)8-4-9(13)7-15-6-8/h4,6-7,10H,1-3H3,(H,16,17)/t10-/m1/s1. The predicted molar refractivity (Wildman–Crippen MR) is 73.3 cm³/mol. The Labute approximate surface area is 115 Å². The Morgan fingerprint density at radius 1 is 1.53 bits per heavy atom. The van der Waals surface area contributed by atoms with Gasteiger partial charge in [-0.1, -0.05) is 20.8 Å². The molecule has 0 unspecified atom stereocenters. The van der Waals surface area contributed by atoms with Crippen LogP contribution in [0.25, 0.3) is 0 Å². The predicted octanol–water partition coefficient (Wildman–Crippen LogP) is 2.35. The lowest BCUT2D eigenvalue weighted by molar-refractivity contribution is 0.0921. The van der Waals surface area contributed by atoms with Crippen LogP contribution in [-0.2, 0) is 0 Å². The van der Waals surface area contributed by atoms with Crippen LogP contribution in [0.2, 0.25) is 0 Å². The fraction of sp³-hybridized carbons (Fsp3) is 0.417. The summed E-state index contributed by atoms with van der Waals surface area (Å²) in [4.78, 5) is 15.9. The molecule has 17 heavy (non-hydrogen) atoms. The summed E-state index contributed by atoms with van der Waals surface area (Å²) < 4.78 is 0.888. The van der Waals surface area contributed by atoms with E-state index in [4.69, 9.17) is 5.26 Å². The van der Waals surface area contributed by atoms with Crippen molar-refractivity contribution >= 4 is 28.5 Å². The molecule has 5 heteroatoms. The van der Waals surface area contributed by atoms with Crippen LogP contribution in [-0.4, -0.2) is 16.9 Å². The van der Waals surface area contributed by atoms with Crippen LogP contribution in [0.3, 0.4) is 0 Å². The topological polar surface area (TPSA) is 65.8 Å². The number of hydrogen-bond acceptors (Lipinski definition) is 3. The summed E-state index contributed by atoms with van der Waals surface area (Å²) in [6, 6.07) is 3.32. The van der Waals surface area contributed by atoms with E-state index in [0.717, 1.165) is 3.57 Å². The summed E-state index contributed by atoms with van der Waals surface area (Å²) in [5.41, 5.74) is 0.182. The van der Waals surface area contributed by atoms with Crippen molar-refractivity contribution in [1.82, 2.24) is 10.3 Å². The van der Waals surface area contributed by atoms with Gasteiger partial charge in [0.15, 0.2) is 0 Å². The van der Waals surface area contributed by atoms with Gasteiger partial charge >= 0.3 is 0 Å². The largest absolute Gasteiger partial charge is 0.336 e. The molecule has 1 rings (SSSR count). The van der Waals surface area contributed by atoms with Crippen molar-refractivity contribution in [3.05, 3.63) is 27.6 Å². The quantitative estimate of drug-likeness (QED) is 0.839. The summed E-state index contributed by atoms with van der Waals surface area (Å²) in [6.07, 6.45) is 3.16. The second-order valence-electron chi connectivity index (χ2n) is 4.79. The molecular formula is C12H14IN3O. The van der Waals surface area contributed by atoms with Gasteiger partial charge in [-0.25, -0.2) is 0 Å². The lowest BCUT2D eigenvalue weighted by Crippen LogP contribution is -2.42. The SMILES string of the molecule is CC(C)(C)[C@@H](C#N)NC(=O)c1cncc(I)c1. The number of pyridine rings is 1. The maximum absolute atomic E-state index is 11.9. The summed E-state index contributed by atoms with van der Waals surface area (Å²) in [7, 11) is 0.